The lowest BCUT2D eigenvalue weighted by molar-refractivity contribution is -0.255. The molecule has 0 aliphatic carbocycles. The molecule has 0 spiro atoms. The summed E-state index contributed by atoms with van der Waals surface area (Å²) in [6, 6.07) is 6.85. The monoisotopic (exact) mass is 248 g/mol. The lowest BCUT2D eigenvalue weighted by Gasteiger charge is -2.47. The maximum Gasteiger partial charge on any atom is 0.0715 e. The summed E-state index contributed by atoms with van der Waals surface area (Å²) >= 11 is 0. The van der Waals surface area contributed by atoms with Gasteiger partial charge in [-0.1, -0.05) is 12.1 Å². The number of carbonyl (C=O) groups is 1. The lowest BCUT2D eigenvalue weighted by Crippen LogP contribution is -2.53. The van der Waals surface area contributed by atoms with Gasteiger partial charge in [-0.05, 0) is 59.2 Å². The highest BCUT2D eigenvalue weighted by Gasteiger charge is 2.31. The van der Waals surface area contributed by atoms with Crippen molar-refractivity contribution in [2.24, 2.45) is 0 Å². The molecule has 0 radical (unpaired) electrons. The first-order valence-corrected chi connectivity index (χ1v) is 6.15. The molecule has 0 bridgehead atoms. The molecule has 1 rings (SSSR count). The van der Waals surface area contributed by atoms with Gasteiger partial charge in [-0.15, -0.1) is 0 Å². The van der Waals surface area contributed by atoms with E-state index in [1.807, 2.05) is 12.1 Å². The van der Waals surface area contributed by atoms with E-state index in [0.717, 1.165) is 5.69 Å². The van der Waals surface area contributed by atoms with Crippen molar-refractivity contribution in [3.63, 3.8) is 0 Å². The molecule has 0 fully saturated rings. The van der Waals surface area contributed by atoms with E-state index in [9.17, 15) is 9.90 Å². The van der Waals surface area contributed by atoms with E-state index in [1.165, 1.54) is 0 Å². The van der Waals surface area contributed by atoms with Crippen LogP contribution in [-0.2, 0) is 0 Å². The Morgan fingerprint density at radius 3 is 1.61 bits per heavy atom. The number of carboxylic acid groups (broad SMARTS) is 1. The average molecular weight is 248 g/mol. The van der Waals surface area contributed by atoms with Gasteiger partial charge in [0.1, 0.15) is 0 Å². The Hall–Kier alpha value is -1.51. The summed E-state index contributed by atoms with van der Waals surface area (Å²) in [4.78, 5) is 13.0. The zero-order valence-electron chi connectivity index (χ0n) is 12.1. The molecule has 0 N–H and O–H groups in total. The first kappa shape index (κ1) is 14.6. The van der Waals surface area contributed by atoms with Crippen LogP contribution in [0.4, 0.5) is 5.69 Å². The number of carboxylic acids is 1. The largest absolute Gasteiger partial charge is 0.545 e. The molecule has 0 aliphatic rings. The highest BCUT2D eigenvalue weighted by atomic mass is 16.4. The number of hydrogen-bond donors (Lipinski definition) is 0. The molecule has 0 amide bonds. The number of hydrogen-bond acceptors (Lipinski definition) is 3. The molecule has 0 atom stereocenters. The Morgan fingerprint density at radius 1 is 0.944 bits per heavy atom. The highest BCUT2D eigenvalue weighted by Crippen LogP contribution is 2.31. The van der Waals surface area contributed by atoms with Crippen LogP contribution in [0.3, 0.4) is 0 Å². The Kier molecular flexibility index (Phi) is 3.75. The number of aromatic carboxylic acids is 1. The summed E-state index contributed by atoms with van der Waals surface area (Å²) in [7, 11) is 0. The predicted octanol–water partition coefficient (Wildman–Crippen LogP) is 2.45. The summed E-state index contributed by atoms with van der Waals surface area (Å²) in [6.45, 7) is 12.9. The van der Waals surface area contributed by atoms with Gasteiger partial charge in [-0.2, -0.15) is 0 Å². The third-order valence-corrected chi connectivity index (χ3v) is 2.70. The molecule has 0 saturated carbocycles. The van der Waals surface area contributed by atoms with E-state index in [2.05, 4.69) is 46.4 Å². The Morgan fingerprint density at radius 2 is 1.33 bits per heavy atom. The van der Waals surface area contributed by atoms with Crippen molar-refractivity contribution in [3.8, 4) is 0 Å². The van der Waals surface area contributed by atoms with Crippen LogP contribution in [-0.4, -0.2) is 17.0 Å². The van der Waals surface area contributed by atoms with Crippen LogP contribution in [0.1, 0.15) is 51.9 Å². The minimum atomic E-state index is -1.14. The van der Waals surface area contributed by atoms with Gasteiger partial charge in [0.25, 0.3) is 0 Å². The van der Waals surface area contributed by atoms with Gasteiger partial charge in [-0.25, -0.2) is 0 Å². The van der Waals surface area contributed by atoms with Crippen molar-refractivity contribution < 1.29 is 9.90 Å². The highest BCUT2D eigenvalue weighted by molar-refractivity contribution is 5.86. The quantitative estimate of drug-likeness (QED) is 0.807. The predicted molar refractivity (Wildman–Crippen MR) is 72.8 cm³/mol. The van der Waals surface area contributed by atoms with Crippen molar-refractivity contribution in [1.82, 2.24) is 0 Å². The normalized spacial score (nSPS) is 12.3. The molecule has 0 heterocycles. The third kappa shape index (κ3) is 3.25. The van der Waals surface area contributed by atoms with Crippen molar-refractivity contribution in [2.45, 2.75) is 52.6 Å². The van der Waals surface area contributed by atoms with Crippen molar-refractivity contribution in [3.05, 3.63) is 29.8 Å². The molecule has 0 aliphatic heterocycles. The molecular formula is C15H22NO2-. The lowest BCUT2D eigenvalue weighted by atomic mass is 9.94. The molecule has 0 aromatic heterocycles. The summed E-state index contributed by atoms with van der Waals surface area (Å²) in [6.07, 6.45) is 0. The average Bonchev–Trinajstić information content (AvgIpc) is 2.13. The smallest absolute Gasteiger partial charge is 0.0715 e. The van der Waals surface area contributed by atoms with Gasteiger partial charge >= 0.3 is 0 Å². The van der Waals surface area contributed by atoms with Crippen LogP contribution in [0.5, 0.6) is 0 Å². The molecule has 1 aromatic rings. The Bertz CT molecular complexity index is 407. The third-order valence-electron chi connectivity index (χ3n) is 2.70. The number of carbonyl (C=O) groups excluding carboxylic acids is 1. The number of anilines is 1. The van der Waals surface area contributed by atoms with Gasteiger partial charge in [0.15, 0.2) is 0 Å². The van der Waals surface area contributed by atoms with Crippen LogP contribution in [0, 0.1) is 0 Å². The first-order valence-electron chi connectivity index (χ1n) is 6.15. The fourth-order valence-corrected chi connectivity index (χ4v) is 2.53. The van der Waals surface area contributed by atoms with Gasteiger partial charge < -0.3 is 14.8 Å². The summed E-state index contributed by atoms with van der Waals surface area (Å²) in [5, 5.41) is 10.8. The summed E-state index contributed by atoms with van der Waals surface area (Å²) < 4.78 is 0. The summed E-state index contributed by atoms with van der Waals surface area (Å²) in [5.41, 5.74) is 1.14. The molecule has 0 unspecified atom stereocenters. The second kappa shape index (κ2) is 4.63. The van der Waals surface area contributed by atoms with E-state index >= 15 is 0 Å². The van der Waals surface area contributed by atoms with E-state index in [1.54, 1.807) is 12.1 Å². The van der Waals surface area contributed by atoms with E-state index in [0.29, 0.717) is 0 Å². The minimum Gasteiger partial charge on any atom is -0.545 e. The minimum absolute atomic E-state index is 0.0404. The molecule has 100 valence electrons. The number of nitrogens with zero attached hydrogens (tertiary/aromatic N) is 1. The van der Waals surface area contributed by atoms with E-state index in [-0.39, 0.29) is 16.6 Å². The van der Waals surface area contributed by atoms with Crippen molar-refractivity contribution in [1.29, 1.82) is 0 Å². The van der Waals surface area contributed by atoms with Gasteiger partial charge in [0.2, 0.25) is 0 Å². The van der Waals surface area contributed by atoms with Gasteiger partial charge in [-0.3, -0.25) is 0 Å². The zero-order chi connectivity index (χ0) is 14.1. The number of rotatable bonds is 2. The molecule has 3 nitrogen and oxygen atoms in total. The zero-order valence-corrected chi connectivity index (χ0v) is 12.1. The Labute approximate surface area is 109 Å². The van der Waals surface area contributed by atoms with E-state index < -0.39 is 5.97 Å². The maximum absolute atomic E-state index is 10.8. The van der Waals surface area contributed by atoms with Crippen LogP contribution in [0.25, 0.3) is 0 Å². The molecule has 0 saturated heterocycles. The SMILES string of the molecule is CC(C)(C)N(c1ccc(C(=O)[O-])cc1)C(C)(C)C. The maximum atomic E-state index is 10.8. The van der Waals surface area contributed by atoms with Gasteiger partial charge in [0, 0.05) is 16.8 Å². The summed E-state index contributed by atoms with van der Waals surface area (Å²) in [5.74, 6) is -1.14. The topological polar surface area (TPSA) is 43.4 Å². The fraction of sp³-hybridized carbons (Fsp3) is 0.533. The standard InChI is InChI=1S/C15H23NO2/c1-14(2,3)16(15(4,5)6)12-9-7-11(8-10-12)13(17)18/h7-10H,1-6H3,(H,17,18)/p-1. The van der Waals surface area contributed by atoms with Crippen LogP contribution < -0.4 is 10.0 Å². The van der Waals surface area contributed by atoms with Crippen LogP contribution >= 0.6 is 0 Å². The Balaban J connectivity index is 3.20. The van der Waals surface area contributed by atoms with Crippen molar-refractivity contribution >= 4 is 11.7 Å². The second-order valence-corrected chi connectivity index (χ2v) is 6.51. The van der Waals surface area contributed by atoms with Crippen LogP contribution in [0.15, 0.2) is 24.3 Å². The molecular weight excluding hydrogens is 226 g/mol. The molecule has 3 heteroatoms. The van der Waals surface area contributed by atoms with Crippen LogP contribution in [0.2, 0.25) is 0 Å². The second-order valence-electron chi connectivity index (χ2n) is 6.51. The molecule has 18 heavy (non-hydrogen) atoms. The molecule has 1 aromatic carbocycles. The van der Waals surface area contributed by atoms with Crippen molar-refractivity contribution in [2.75, 3.05) is 4.90 Å². The van der Waals surface area contributed by atoms with E-state index in [4.69, 9.17) is 0 Å². The fourth-order valence-electron chi connectivity index (χ4n) is 2.53. The first-order chi connectivity index (χ1) is 8.03. The van der Waals surface area contributed by atoms with Gasteiger partial charge in [0.05, 0.1) is 5.97 Å². The number of benzene rings is 1.